The molecule has 4 aromatic rings. The third-order valence-corrected chi connectivity index (χ3v) is 5.24. The number of fused-ring (bicyclic) bond motifs is 2. The lowest BCUT2D eigenvalue weighted by Crippen LogP contribution is -2.19. The number of anilines is 1. The van der Waals surface area contributed by atoms with E-state index in [2.05, 4.69) is 30.7 Å². The predicted octanol–water partition coefficient (Wildman–Crippen LogP) is 2.40. The number of hydrogen-bond acceptors (Lipinski definition) is 7. The van der Waals surface area contributed by atoms with Crippen LogP contribution in [0.2, 0.25) is 0 Å². The van der Waals surface area contributed by atoms with Gasteiger partial charge < -0.3 is 15.0 Å². The zero-order chi connectivity index (χ0) is 20.9. The van der Waals surface area contributed by atoms with Crippen molar-refractivity contribution in [2.45, 2.75) is 25.3 Å². The summed E-state index contributed by atoms with van der Waals surface area (Å²) in [7, 11) is 0. The topological polar surface area (TPSA) is 126 Å². The average Bonchev–Trinajstić information content (AvgIpc) is 3.14. The molecule has 0 unspecified atom stereocenters. The second kappa shape index (κ2) is 6.66. The molecule has 0 atom stereocenters. The van der Waals surface area contributed by atoms with Crippen molar-refractivity contribution in [3.63, 3.8) is 0 Å². The molecule has 2 amide bonds. The van der Waals surface area contributed by atoms with Crippen molar-refractivity contribution in [3.05, 3.63) is 47.8 Å². The van der Waals surface area contributed by atoms with Crippen LogP contribution >= 0.6 is 0 Å². The molecular weight excluding hydrogens is 398 g/mol. The van der Waals surface area contributed by atoms with Crippen LogP contribution in [0.3, 0.4) is 0 Å². The highest BCUT2D eigenvalue weighted by molar-refractivity contribution is 6.15. The van der Waals surface area contributed by atoms with Crippen LogP contribution in [-0.4, -0.2) is 42.4 Å². The van der Waals surface area contributed by atoms with E-state index in [1.165, 1.54) is 0 Å². The molecule has 3 aromatic heterocycles. The molecule has 1 saturated carbocycles. The van der Waals surface area contributed by atoms with Crippen molar-refractivity contribution in [2.24, 2.45) is 0 Å². The molecule has 1 saturated heterocycles. The van der Waals surface area contributed by atoms with Crippen LogP contribution in [0.15, 0.2) is 42.2 Å². The highest BCUT2D eigenvalue weighted by Crippen LogP contribution is 2.29. The van der Waals surface area contributed by atoms with Crippen molar-refractivity contribution >= 4 is 40.4 Å². The maximum Gasteiger partial charge on any atom is 0.327 e. The number of hydrogen-bond donors (Lipinski definition) is 3. The van der Waals surface area contributed by atoms with Gasteiger partial charge in [-0.05, 0) is 43.2 Å². The first kappa shape index (κ1) is 17.6. The maximum absolute atomic E-state index is 12.0. The number of aromatic amines is 1. The number of ether oxygens (including phenoxy) is 1. The summed E-state index contributed by atoms with van der Waals surface area (Å²) in [6, 6.07) is 8.14. The summed E-state index contributed by atoms with van der Waals surface area (Å²) in [6.07, 6.45) is 7.25. The summed E-state index contributed by atoms with van der Waals surface area (Å²) in [5, 5.41) is 11.0. The van der Waals surface area contributed by atoms with E-state index in [0.29, 0.717) is 34.5 Å². The minimum atomic E-state index is -0.397. The second-order valence-corrected chi connectivity index (χ2v) is 7.64. The number of carbonyl (C=O) groups excluding carboxylic acids is 2. The van der Waals surface area contributed by atoms with Crippen LogP contribution in [0, 0.1) is 0 Å². The largest absolute Gasteiger partial charge is 0.424 e. The van der Waals surface area contributed by atoms with E-state index in [0.717, 1.165) is 23.7 Å². The maximum atomic E-state index is 12.0. The van der Waals surface area contributed by atoms with E-state index in [9.17, 15) is 9.59 Å². The van der Waals surface area contributed by atoms with Gasteiger partial charge in [-0.15, -0.1) is 0 Å². The second-order valence-electron chi connectivity index (χ2n) is 7.64. The first-order valence-corrected chi connectivity index (χ1v) is 9.94. The molecule has 1 aromatic carbocycles. The van der Waals surface area contributed by atoms with E-state index in [1.807, 2.05) is 30.5 Å². The fourth-order valence-corrected chi connectivity index (χ4v) is 3.54. The standard InChI is InChI=1S/C21H17N7O3/c29-17-9-12(19(30)25-17)7-13-10-23-28-18(13)26-21(27-20(28)24-14-1-2-14)31-15-3-4-16-11(8-15)5-6-22-16/h3-8,10,14,22H,1-2,9H2,(H,24,26,27)(H,25,29,30)/b12-7+. The Morgan fingerprint density at radius 3 is 2.90 bits per heavy atom. The van der Waals surface area contributed by atoms with E-state index in [-0.39, 0.29) is 18.3 Å². The summed E-state index contributed by atoms with van der Waals surface area (Å²) in [5.74, 6) is 0.407. The minimum absolute atomic E-state index is 0.0362. The van der Waals surface area contributed by atoms with Crippen LogP contribution in [-0.2, 0) is 9.59 Å². The van der Waals surface area contributed by atoms with Gasteiger partial charge in [0.2, 0.25) is 11.9 Å². The van der Waals surface area contributed by atoms with Gasteiger partial charge in [0.15, 0.2) is 5.65 Å². The number of benzene rings is 1. The van der Waals surface area contributed by atoms with E-state index >= 15 is 0 Å². The van der Waals surface area contributed by atoms with Crippen LogP contribution in [0.5, 0.6) is 11.8 Å². The molecule has 31 heavy (non-hydrogen) atoms. The van der Waals surface area contributed by atoms with E-state index in [1.54, 1.807) is 16.8 Å². The summed E-state index contributed by atoms with van der Waals surface area (Å²) in [6.45, 7) is 0. The smallest absolute Gasteiger partial charge is 0.327 e. The number of imide groups is 1. The van der Waals surface area contributed by atoms with E-state index < -0.39 is 5.91 Å². The van der Waals surface area contributed by atoms with Gasteiger partial charge >= 0.3 is 6.01 Å². The van der Waals surface area contributed by atoms with E-state index in [4.69, 9.17) is 4.74 Å². The molecule has 3 N–H and O–H groups in total. The Morgan fingerprint density at radius 2 is 2.10 bits per heavy atom. The minimum Gasteiger partial charge on any atom is -0.424 e. The monoisotopic (exact) mass is 415 g/mol. The third kappa shape index (κ3) is 3.27. The number of carbonyl (C=O) groups is 2. The molecule has 154 valence electrons. The molecule has 6 rings (SSSR count). The normalized spacial score (nSPS) is 17.6. The number of aromatic nitrogens is 5. The summed E-state index contributed by atoms with van der Waals surface area (Å²) in [5.41, 5.74) is 2.46. The number of nitrogens with zero attached hydrogens (tertiary/aromatic N) is 4. The lowest BCUT2D eigenvalue weighted by atomic mass is 10.1. The lowest BCUT2D eigenvalue weighted by molar-refractivity contribution is -0.124. The molecule has 2 fully saturated rings. The Bertz CT molecular complexity index is 1400. The quantitative estimate of drug-likeness (QED) is 0.337. The van der Waals surface area contributed by atoms with Crippen molar-refractivity contribution < 1.29 is 14.3 Å². The number of nitrogens with one attached hydrogen (secondary N) is 3. The fourth-order valence-electron chi connectivity index (χ4n) is 3.54. The molecule has 1 aliphatic heterocycles. The Kier molecular flexibility index (Phi) is 3.79. The lowest BCUT2D eigenvalue weighted by Gasteiger charge is -2.09. The summed E-state index contributed by atoms with van der Waals surface area (Å²) < 4.78 is 7.55. The van der Waals surface area contributed by atoms with Crippen molar-refractivity contribution in [2.75, 3.05) is 5.32 Å². The third-order valence-electron chi connectivity index (χ3n) is 5.24. The number of amides is 2. The van der Waals surface area contributed by atoms with Gasteiger partial charge in [-0.25, -0.2) is 0 Å². The zero-order valence-electron chi connectivity index (χ0n) is 16.3. The number of rotatable bonds is 5. The average molecular weight is 415 g/mol. The Hall–Kier alpha value is -4.21. The van der Waals surface area contributed by atoms with Gasteiger partial charge in [-0.2, -0.15) is 19.6 Å². The molecule has 0 bridgehead atoms. The molecule has 10 nitrogen and oxygen atoms in total. The van der Waals surface area contributed by atoms with Crippen molar-refractivity contribution in [3.8, 4) is 11.8 Å². The van der Waals surface area contributed by atoms with Gasteiger partial charge in [0.1, 0.15) is 5.75 Å². The van der Waals surface area contributed by atoms with Crippen LogP contribution < -0.4 is 15.4 Å². The van der Waals surface area contributed by atoms with Gasteiger partial charge in [0.05, 0.1) is 12.6 Å². The number of H-pyrrole nitrogens is 1. The first-order chi connectivity index (χ1) is 15.1. The predicted molar refractivity (Wildman–Crippen MR) is 112 cm³/mol. The SMILES string of the molecule is O=C1C/C(=C\c2cnn3c(NC4CC4)nc(Oc4ccc5[nH]ccc5c4)nc23)C(=O)N1. The molecule has 2 aliphatic rings. The Labute approximate surface area is 175 Å². The van der Waals surface area contributed by atoms with Crippen LogP contribution in [0.25, 0.3) is 22.6 Å². The summed E-state index contributed by atoms with van der Waals surface area (Å²) >= 11 is 0. The van der Waals surface area contributed by atoms with Gasteiger partial charge in [-0.3, -0.25) is 14.9 Å². The molecular formula is C21H17N7O3. The Balaban J connectivity index is 1.42. The zero-order valence-corrected chi connectivity index (χ0v) is 16.3. The molecule has 4 heterocycles. The first-order valence-electron chi connectivity index (χ1n) is 9.94. The molecule has 0 spiro atoms. The fraction of sp³-hybridized carbons (Fsp3) is 0.190. The highest BCUT2D eigenvalue weighted by Gasteiger charge is 2.26. The van der Waals surface area contributed by atoms with Crippen molar-refractivity contribution in [1.82, 2.24) is 29.9 Å². The molecule has 0 radical (unpaired) electrons. The van der Waals surface area contributed by atoms with Crippen LogP contribution in [0.4, 0.5) is 5.95 Å². The van der Waals surface area contributed by atoms with Gasteiger partial charge in [0, 0.05) is 34.3 Å². The van der Waals surface area contributed by atoms with Crippen LogP contribution in [0.1, 0.15) is 24.8 Å². The van der Waals surface area contributed by atoms with Gasteiger partial charge in [0.25, 0.3) is 5.91 Å². The summed E-state index contributed by atoms with van der Waals surface area (Å²) in [4.78, 5) is 35.7. The molecule has 1 aliphatic carbocycles. The molecule has 10 heteroatoms. The van der Waals surface area contributed by atoms with Gasteiger partial charge in [-0.1, -0.05) is 0 Å². The van der Waals surface area contributed by atoms with Crippen molar-refractivity contribution in [1.29, 1.82) is 0 Å². The Morgan fingerprint density at radius 1 is 1.19 bits per heavy atom. The highest BCUT2D eigenvalue weighted by atomic mass is 16.5.